The molecule has 2 nitrogen and oxygen atoms in total. The molecule has 0 N–H and O–H groups in total. The molecule has 0 aromatic heterocycles. The molecule has 0 aromatic carbocycles. The maximum atomic E-state index is 6.14. The van der Waals surface area contributed by atoms with Gasteiger partial charge in [-0.1, -0.05) is 27.7 Å². The maximum absolute atomic E-state index is 6.14. The van der Waals surface area contributed by atoms with Crippen LogP contribution in [0.1, 0.15) is 40.5 Å². The highest BCUT2D eigenvalue weighted by atomic mass is 16.7. The molecule has 1 unspecified atom stereocenters. The van der Waals surface area contributed by atoms with E-state index in [4.69, 9.17) is 9.31 Å². The van der Waals surface area contributed by atoms with Crippen molar-refractivity contribution in [3.05, 3.63) is 0 Å². The summed E-state index contributed by atoms with van der Waals surface area (Å²) in [5, 5.41) is 0. The second-order valence-electron chi connectivity index (χ2n) is 6.93. The van der Waals surface area contributed by atoms with Crippen molar-refractivity contribution in [3.63, 3.8) is 0 Å². The van der Waals surface area contributed by atoms with E-state index in [1.807, 2.05) is 0 Å². The van der Waals surface area contributed by atoms with Gasteiger partial charge in [0.05, 0.1) is 12.2 Å². The van der Waals surface area contributed by atoms with Crippen LogP contribution in [0.5, 0.6) is 0 Å². The fourth-order valence-corrected chi connectivity index (χ4v) is 3.90. The van der Waals surface area contributed by atoms with Gasteiger partial charge in [0.25, 0.3) is 0 Å². The number of hydrogen-bond donors (Lipinski definition) is 0. The van der Waals surface area contributed by atoms with Crippen LogP contribution >= 0.6 is 0 Å². The summed E-state index contributed by atoms with van der Waals surface area (Å²) in [5.74, 6) is 2.28. The third-order valence-electron chi connectivity index (χ3n) is 5.13. The van der Waals surface area contributed by atoms with Crippen molar-refractivity contribution in [2.45, 2.75) is 59.1 Å². The van der Waals surface area contributed by atoms with Gasteiger partial charge < -0.3 is 9.31 Å². The lowest BCUT2D eigenvalue weighted by atomic mass is 9.47. The number of rotatable bonds is 2. The van der Waals surface area contributed by atoms with Crippen molar-refractivity contribution in [2.24, 2.45) is 23.2 Å². The molecule has 0 radical (unpaired) electrons. The Labute approximate surface area is 99.2 Å². The lowest BCUT2D eigenvalue weighted by Crippen LogP contribution is -2.59. The summed E-state index contributed by atoms with van der Waals surface area (Å²) >= 11 is 0. The van der Waals surface area contributed by atoms with Crippen LogP contribution in [0, 0.1) is 23.2 Å². The molecule has 1 saturated heterocycles. The van der Waals surface area contributed by atoms with Gasteiger partial charge >= 0.3 is 7.12 Å². The topological polar surface area (TPSA) is 18.5 Å². The van der Waals surface area contributed by atoms with Crippen LogP contribution in [0.2, 0.25) is 6.32 Å². The molecule has 4 fully saturated rings. The van der Waals surface area contributed by atoms with E-state index in [-0.39, 0.29) is 7.12 Å². The Balaban J connectivity index is 1.68. The van der Waals surface area contributed by atoms with Crippen LogP contribution in [0.15, 0.2) is 0 Å². The first-order chi connectivity index (χ1) is 7.48. The van der Waals surface area contributed by atoms with Crippen LogP contribution in [-0.4, -0.2) is 19.3 Å². The summed E-state index contributed by atoms with van der Waals surface area (Å²) in [7, 11) is 0.0742. The van der Waals surface area contributed by atoms with Crippen molar-refractivity contribution >= 4 is 7.12 Å². The van der Waals surface area contributed by atoms with Gasteiger partial charge in [-0.3, -0.25) is 0 Å². The Morgan fingerprint density at radius 2 is 2.00 bits per heavy atom. The van der Waals surface area contributed by atoms with Crippen LogP contribution in [0.25, 0.3) is 0 Å². The first kappa shape index (κ1) is 11.1. The predicted octanol–water partition coefficient (Wildman–Crippen LogP) is 2.98. The zero-order chi connectivity index (χ0) is 11.5. The Morgan fingerprint density at radius 1 is 1.25 bits per heavy atom. The summed E-state index contributed by atoms with van der Waals surface area (Å²) in [6, 6.07) is 0. The van der Waals surface area contributed by atoms with Crippen LogP contribution in [0.3, 0.4) is 0 Å². The predicted molar refractivity (Wildman–Crippen MR) is 65.1 cm³/mol. The molecule has 90 valence electrons. The van der Waals surface area contributed by atoms with Gasteiger partial charge in [-0.2, -0.15) is 0 Å². The zero-order valence-corrected chi connectivity index (χ0v) is 10.9. The van der Waals surface area contributed by atoms with Crippen molar-refractivity contribution in [3.8, 4) is 0 Å². The average Bonchev–Trinajstić information content (AvgIpc) is 2.57. The molecule has 4 aliphatic rings. The van der Waals surface area contributed by atoms with E-state index in [0.717, 1.165) is 18.2 Å². The molecule has 1 heterocycles. The van der Waals surface area contributed by atoms with Gasteiger partial charge in [0.15, 0.2) is 0 Å². The Hall–Kier alpha value is -0.0151. The van der Waals surface area contributed by atoms with Gasteiger partial charge in [0, 0.05) is 0 Å². The standard InChI is InChI=1S/C13H23BO2/c1-8(2)7-14-15-11-6-9-5-10(12(11)16-14)13(9,3)4/h8-12H,5-7H2,1-4H3/t9?,10-,11-,12+/m1/s1. The molecule has 16 heavy (non-hydrogen) atoms. The molecular formula is C13H23BO2. The van der Waals surface area contributed by atoms with E-state index in [2.05, 4.69) is 27.7 Å². The van der Waals surface area contributed by atoms with E-state index in [1.165, 1.54) is 12.8 Å². The summed E-state index contributed by atoms with van der Waals surface area (Å²) in [6.45, 7) is 9.28. The molecule has 3 aliphatic carbocycles. The highest BCUT2D eigenvalue weighted by molar-refractivity contribution is 6.45. The van der Waals surface area contributed by atoms with Crippen molar-refractivity contribution < 1.29 is 9.31 Å². The minimum atomic E-state index is 0.0742. The second-order valence-corrected chi connectivity index (χ2v) is 6.93. The molecular weight excluding hydrogens is 199 g/mol. The van der Waals surface area contributed by atoms with E-state index >= 15 is 0 Å². The van der Waals surface area contributed by atoms with Crippen LogP contribution in [-0.2, 0) is 9.31 Å². The molecule has 0 spiro atoms. The van der Waals surface area contributed by atoms with Crippen LogP contribution in [0.4, 0.5) is 0 Å². The van der Waals surface area contributed by atoms with E-state index in [1.54, 1.807) is 0 Å². The van der Waals surface area contributed by atoms with E-state index in [9.17, 15) is 0 Å². The normalized spacial score (nSPS) is 44.4. The lowest BCUT2D eigenvalue weighted by molar-refractivity contribution is -0.150. The monoisotopic (exact) mass is 222 g/mol. The lowest BCUT2D eigenvalue weighted by Gasteiger charge is -2.60. The first-order valence-electron chi connectivity index (χ1n) is 6.79. The van der Waals surface area contributed by atoms with Crippen LogP contribution < -0.4 is 0 Å². The third kappa shape index (κ3) is 1.47. The fourth-order valence-electron chi connectivity index (χ4n) is 3.90. The first-order valence-corrected chi connectivity index (χ1v) is 6.79. The van der Waals surface area contributed by atoms with Crippen molar-refractivity contribution in [1.29, 1.82) is 0 Å². The van der Waals surface area contributed by atoms with Crippen molar-refractivity contribution in [1.82, 2.24) is 0 Å². The minimum absolute atomic E-state index is 0.0742. The summed E-state index contributed by atoms with van der Waals surface area (Å²) < 4.78 is 12.2. The van der Waals surface area contributed by atoms with E-state index in [0.29, 0.717) is 23.5 Å². The quantitative estimate of drug-likeness (QED) is 0.668. The largest absolute Gasteiger partial charge is 0.457 e. The van der Waals surface area contributed by atoms with Gasteiger partial charge in [-0.15, -0.1) is 0 Å². The second kappa shape index (κ2) is 3.49. The van der Waals surface area contributed by atoms with E-state index < -0.39 is 0 Å². The van der Waals surface area contributed by atoms with Gasteiger partial charge in [0.1, 0.15) is 0 Å². The van der Waals surface area contributed by atoms with Gasteiger partial charge in [0.2, 0.25) is 0 Å². The molecule has 1 aliphatic heterocycles. The molecule has 0 aromatic rings. The molecule has 4 atom stereocenters. The smallest absolute Gasteiger partial charge is 0.406 e. The molecule has 3 heteroatoms. The molecule has 3 saturated carbocycles. The molecule has 4 rings (SSSR count). The summed E-state index contributed by atoms with van der Waals surface area (Å²) in [5.41, 5.74) is 0.497. The third-order valence-corrected chi connectivity index (χ3v) is 5.13. The average molecular weight is 222 g/mol. The highest BCUT2D eigenvalue weighted by Crippen LogP contribution is 2.61. The zero-order valence-electron chi connectivity index (χ0n) is 10.9. The fraction of sp³-hybridized carbons (Fsp3) is 1.00. The number of hydrogen-bond acceptors (Lipinski definition) is 2. The molecule has 0 amide bonds. The minimum Gasteiger partial charge on any atom is -0.406 e. The Kier molecular flexibility index (Phi) is 2.42. The molecule has 2 bridgehead atoms. The van der Waals surface area contributed by atoms with Crippen molar-refractivity contribution in [2.75, 3.05) is 0 Å². The Bertz CT molecular complexity index is 290. The SMILES string of the molecule is CC(C)CB1O[C@H]2[C@H]3CC(C[C@H]2O1)C3(C)C. The van der Waals surface area contributed by atoms with Gasteiger partial charge in [-0.05, 0) is 42.3 Å². The Morgan fingerprint density at radius 3 is 2.62 bits per heavy atom. The van der Waals surface area contributed by atoms with Gasteiger partial charge in [-0.25, -0.2) is 0 Å². The highest BCUT2D eigenvalue weighted by Gasteiger charge is 2.61. The summed E-state index contributed by atoms with van der Waals surface area (Å²) in [4.78, 5) is 0. The summed E-state index contributed by atoms with van der Waals surface area (Å²) in [6.07, 6.45) is 4.43. The maximum Gasteiger partial charge on any atom is 0.457 e.